The lowest BCUT2D eigenvalue weighted by Crippen LogP contribution is -2.37. The highest BCUT2D eigenvalue weighted by Crippen LogP contribution is 2.24. The van der Waals surface area contributed by atoms with Gasteiger partial charge in [-0.2, -0.15) is 0 Å². The van der Waals surface area contributed by atoms with Gasteiger partial charge in [0.05, 0.1) is 21.3 Å². The first kappa shape index (κ1) is 21.4. The predicted molar refractivity (Wildman–Crippen MR) is 112 cm³/mol. The van der Waals surface area contributed by atoms with Crippen LogP contribution in [0.25, 0.3) is 11.5 Å². The van der Waals surface area contributed by atoms with Crippen molar-refractivity contribution < 1.29 is 27.2 Å². The number of benzene rings is 2. The highest BCUT2D eigenvalue weighted by molar-refractivity contribution is 7.92. The van der Waals surface area contributed by atoms with Crippen molar-refractivity contribution in [3.63, 3.8) is 0 Å². The number of sulfone groups is 1. The minimum Gasteiger partial charge on any atom is -0.403 e. The summed E-state index contributed by atoms with van der Waals surface area (Å²) in [7, 11) is -3.41. The second-order valence-corrected chi connectivity index (χ2v) is 9.82. The Morgan fingerprint density at radius 2 is 1.59 bits per heavy atom. The molecule has 0 saturated carbocycles. The molecule has 0 unspecified atom stereocenters. The Hall–Kier alpha value is -3.86. The molecule has 164 valence electrons. The van der Waals surface area contributed by atoms with Gasteiger partial charge in [0.2, 0.25) is 11.8 Å². The van der Waals surface area contributed by atoms with Crippen molar-refractivity contribution in [1.29, 1.82) is 0 Å². The molecule has 4 rings (SSSR count). The van der Waals surface area contributed by atoms with Gasteiger partial charge in [0, 0.05) is 5.56 Å². The van der Waals surface area contributed by atoms with E-state index in [1.54, 1.807) is 26.0 Å². The summed E-state index contributed by atoms with van der Waals surface area (Å²) in [6.45, 7) is 2.68. The maximum Gasteiger partial charge on any atom is 0.322 e. The molecule has 1 aromatic heterocycles. The van der Waals surface area contributed by atoms with Gasteiger partial charge in [0.15, 0.2) is 9.84 Å². The Morgan fingerprint density at radius 3 is 2.16 bits per heavy atom. The van der Waals surface area contributed by atoms with Crippen molar-refractivity contribution in [3.05, 3.63) is 59.7 Å². The van der Waals surface area contributed by atoms with Crippen molar-refractivity contribution in [1.82, 2.24) is 15.1 Å². The van der Waals surface area contributed by atoms with Crippen LogP contribution in [-0.2, 0) is 14.6 Å². The van der Waals surface area contributed by atoms with E-state index in [0.29, 0.717) is 5.56 Å². The lowest BCUT2D eigenvalue weighted by Gasteiger charge is -2.12. The molecular formula is C21H18N4O6S. The molecule has 11 heteroatoms. The van der Waals surface area contributed by atoms with Crippen LogP contribution >= 0.6 is 0 Å². The lowest BCUT2D eigenvalue weighted by atomic mass is 10.1. The second kappa shape index (κ2) is 8.00. The van der Waals surface area contributed by atoms with Crippen LogP contribution < -0.4 is 5.32 Å². The number of anilines is 1. The van der Waals surface area contributed by atoms with E-state index < -0.39 is 39.4 Å². The molecule has 0 spiro atoms. The average molecular weight is 454 g/mol. The highest BCUT2D eigenvalue weighted by Gasteiger charge is 2.36. The summed E-state index contributed by atoms with van der Waals surface area (Å²) in [4.78, 5) is 38.0. The van der Waals surface area contributed by atoms with Gasteiger partial charge in [0.1, 0.15) is 6.54 Å². The molecular weight excluding hydrogens is 436 g/mol. The van der Waals surface area contributed by atoms with Crippen LogP contribution in [0.1, 0.15) is 34.6 Å². The standard InChI is InChI=1S/C21H18N4O6S/c1-12(2)32(29,30)14-9-7-13(8-10-14)18-23-24-21(31-18)22-17(26)11-25-19(27)15-5-3-4-6-16(15)20(25)28/h3-10,12H,11H2,1-2H3,(H,22,24,26). The van der Waals surface area contributed by atoms with E-state index in [9.17, 15) is 22.8 Å². The Labute approximate surface area is 183 Å². The Kier molecular flexibility index (Phi) is 5.35. The van der Waals surface area contributed by atoms with Crippen LogP contribution in [0.2, 0.25) is 0 Å². The molecule has 2 aromatic carbocycles. The Bertz CT molecular complexity index is 1290. The number of hydrogen-bond acceptors (Lipinski definition) is 8. The Balaban J connectivity index is 1.43. The largest absolute Gasteiger partial charge is 0.403 e. The molecule has 0 atom stereocenters. The number of nitrogens with one attached hydrogen (secondary N) is 1. The first-order chi connectivity index (χ1) is 15.2. The smallest absolute Gasteiger partial charge is 0.322 e. The van der Waals surface area contributed by atoms with E-state index in [1.165, 1.54) is 36.4 Å². The predicted octanol–water partition coefficient (Wildman–Crippen LogP) is 2.15. The molecule has 0 fully saturated rings. The van der Waals surface area contributed by atoms with Gasteiger partial charge >= 0.3 is 6.01 Å². The Morgan fingerprint density at radius 1 is 1.00 bits per heavy atom. The number of hydrogen-bond donors (Lipinski definition) is 1. The summed E-state index contributed by atoms with van der Waals surface area (Å²) < 4.78 is 29.8. The molecule has 1 aliphatic rings. The molecule has 0 bridgehead atoms. The van der Waals surface area contributed by atoms with E-state index >= 15 is 0 Å². The van der Waals surface area contributed by atoms with Crippen molar-refractivity contribution in [2.24, 2.45) is 0 Å². The minimum atomic E-state index is -3.41. The van der Waals surface area contributed by atoms with Gasteiger partial charge in [0.25, 0.3) is 11.8 Å². The zero-order valence-corrected chi connectivity index (χ0v) is 17.9. The van der Waals surface area contributed by atoms with Gasteiger partial charge in [-0.05, 0) is 50.2 Å². The van der Waals surface area contributed by atoms with Crippen LogP contribution in [0.15, 0.2) is 57.8 Å². The lowest BCUT2D eigenvalue weighted by molar-refractivity contribution is -0.116. The summed E-state index contributed by atoms with van der Waals surface area (Å²) >= 11 is 0. The van der Waals surface area contributed by atoms with E-state index in [2.05, 4.69) is 15.5 Å². The molecule has 10 nitrogen and oxygen atoms in total. The monoisotopic (exact) mass is 454 g/mol. The molecule has 32 heavy (non-hydrogen) atoms. The van der Waals surface area contributed by atoms with Crippen molar-refractivity contribution >= 4 is 33.6 Å². The van der Waals surface area contributed by atoms with Crippen molar-refractivity contribution in [2.75, 3.05) is 11.9 Å². The number of nitrogens with zero attached hydrogens (tertiary/aromatic N) is 3. The quantitative estimate of drug-likeness (QED) is 0.559. The second-order valence-electron chi connectivity index (χ2n) is 7.32. The first-order valence-electron chi connectivity index (χ1n) is 9.61. The van der Waals surface area contributed by atoms with E-state index in [4.69, 9.17) is 4.42 Å². The first-order valence-corrected chi connectivity index (χ1v) is 11.2. The SMILES string of the molecule is CC(C)S(=O)(=O)c1ccc(-c2nnc(NC(=O)CN3C(=O)c4ccccc4C3=O)o2)cc1. The fraction of sp³-hybridized carbons (Fsp3) is 0.190. The molecule has 0 radical (unpaired) electrons. The summed E-state index contributed by atoms with van der Waals surface area (Å²) in [6.07, 6.45) is 0. The summed E-state index contributed by atoms with van der Waals surface area (Å²) in [5, 5.41) is 9.36. The van der Waals surface area contributed by atoms with Gasteiger partial charge in [-0.25, -0.2) is 8.42 Å². The van der Waals surface area contributed by atoms with Crippen molar-refractivity contribution in [2.45, 2.75) is 24.0 Å². The van der Waals surface area contributed by atoms with E-state index in [1.807, 2.05) is 0 Å². The number of aromatic nitrogens is 2. The number of carbonyl (C=O) groups excluding carboxylic acids is 3. The molecule has 0 saturated heterocycles. The highest BCUT2D eigenvalue weighted by atomic mass is 32.2. The fourth-order valence-electron chi connectivity index (χ4n) is 3.13. The van der Waals surface area contributed by atoms with E-state index in [0.717, 1.165) is 4.90 Å². The third-order valence-corrected chi connectivity index (χ3v) is 7.07. The maximum absolute atomic E-state index is 12.4. The van der Waals surface area contributed by atoms with Gasteiger partial charge < -0.3 is 4.42 Å². The van der Waals surface area contributed by atoms with E-state index in [-0.39, 0.29) is 27.9 Å². The van der Waals surface area contributed by atoms with Crippen LogP contribution in [0, 0.1) is 0 Å². The number of fused-ring (bicyclic) bond motifs is 1. The number of carbonyl (C=O) groups is 3. The minimum absolute atomic E-state index is 0.0644. The third-order valence-electron chi connectivity index (χ3n) is 4.90. The van der Waals surface area contributed by atoms with Crippen LogP contribution in [0.3, 0.4) is 0 Å². The topological polar surface area (TPSA) is 140 Å². The summed E-state index contributed by atoms with van der Waals surface area (Å²) in [5.74, 6) is -1.73. The number of rotatable bonds is 6. The molecule has 1 aliphatic heterocycles. The van der Waals surface area contributed by atoms with Gasteiger partial charge in [-0.15, -0.1) is 5.10 Å². The molecule has 0 aliphatic carbocycles. The van der Waals surface area contributed by atoms with Crippen LogP contribution in [0.4, 0.5) is 6.01 Å². The molecule has 1 N–H and O–H groups in total. The molecule has 2 heterocycles. The maximum atomic E-state index is 12.4. The summed E-state index contributed by atoms with van der Waals surface area (Å²) in [6, 6.07) is 12.0. The average Bonchev–Trinajstić information content (AvgIpc) is 3.33. The molecule has 3 aromatic rings. The normalized spacial score (nSPS) is 13.5. The molecule has 3 amide bonds. The van der Waals surface area contributed by atoms with Crippen LogP contribution in [-0.4, -0.2) is 53.0 Å². The third kappa shape index (κ3) is 3.78. The number of imide groups is 1. The zero-order chi connectivity index (χ0) is 23.0. The zero-order valence-electron chi connectivity index (χ0n) is 17.1. The van der Waals surface area contributed by atoms with Crippen molar-refractivity contribution in [3.8, 4) is 11.5 Å². The fourth-order valence-corrected chi connectivity index (χ4v) is 4.19. The van der Waals surface area contributed by atoms with Gasteiger partial charge in [-0.3, -0.25) is 24.6 Å². The van der Waals surface area contributed by atoms with Crippen LogP contribution in [0.5, 0.6) is 0 Å². The summed E-state index contributed by atoms with van der Waals surface area (Å²) in [5.41, 5.74) is 0.947. The number of amides is 3. The van der Waals surface area contributed by atoms with Gasteiger partial charge in [-0.1, -0.05) is 17.2 Å².